The fourth-order valence-electron chi connectivity index (χ4n) is 12.1. The van der Waals surface area contributed by atoms with Gasteiger partial charge in [-0.3, -0.25) is 37.3 Å². The number of esters is 4. The minimum atomic E-state index is -4.96. The van der Waals surface area contributed by atoms with Crippen LogP contribution in [-0.2, 0) is 65.4 Å². The lowest BCUT2D eigenvalue weighted by Crippen LogP contribution is -2.30. The van der Waals surface area contributed by atoms with Crippen LogP contribution in [0.15, 0.2) is 0 Å². The van der Waals surface area contributed by atoms with Crippen molar-refractivity contribution in [3.05, 3.63) is 0 Å². The zero-order valence-corrected chi connectivity index (χ0v) is 64.8. The first-order valence-electron chi connectivity index (χ1n) is 40.8. The first-order chi connectivity index (χ1) is 47.2. The summed E-state index contributed by atoms with van der Waals surface area (Å²) >= 11 is 0. The van der Waals surface area contributed by atoms with E-state index in [4.69, 9.17) is 37.0 Å². The van der Waals surface area contributed by atoms with Crippen molar-refractivity contribution in [2.75, 3.05) is 39.6 Å². The van der Waals surface area contributed by atoms with Gasteiger partial charge in [0.05, 0.1) is 26.4 Å². The number of unbranched alkanes of at least 4 members (excludes halogenated alkanes) is 53. The van der Waals surface area contributed by atoms with E-state index in [1.807, 2.05) is 0 Å². The average Bonchev–Trinajstić information content (AvgIpc) is 3.32. The number of phosphoric acid groups is 2. The van der Waals surface area contributed by atoms with Crippen LogP contribution < -0.4 is 0 Å². The number of aliphatic hydroxyl groups excluding tert-OH is 1. The smallest absolute Gasteiger partial charge is 0.462 e. The quantitative estimate of drug-likeness (QED) is 0.0222. The fraction of sp³-hybridized carbons (Fsp3) is 0.949. The topological polar surface area (TPSA) is 237 Å². The highest BCUT2D eigenvalue weighted by Gasteiger charge is 2.30. The van der Waals surface area contributed by atoms with E-state index in [1.165, 1.54) is 250 Å². The molecule has 0 heterocycles. The second-order valence-corrected chi connectivity index (χ2v) is 31.0. The average molecular weight is 1420 g/mol. The largest absolute Gasteiger partial charge is 0.472 e. The normalized spacial score (nSPS) is 13.8. The first kappa shape index (κ1) is 95.1. The van der Waals surface area contributed by atoms with Gasteiger partial charge in [0.15, 0.2) is 12.2 Å². The molecule has 0 aliphatic heterocycles. The van der Waals surface area contributed by atoms with Crippen molar-refractivity contribution < 1.29 is 80.2 Å². The molecule has 0 bridgehead atoms. The molecule has 0 spiro atoms. The van der Waals surface area contributed by atoms with E-state index >= 15 is 0 Å². The molecule has 0 aromatic carbocycles. The Balaban J connectivity index is 5.22. The van der Waals surface area contributed by atoms with Gasteiger partial charge in [-0.2, -0.15) is 0 Å². The van der Waals surface area contributed by atoms with E-state index in [1.54, 1.807) is 0 Å². The minimum Gasteiger partial charge on any atom is -0.462 e. The molecule has 0 saturated carbocycles. The van der Waals surface area contributed by atoms with Gasteiger partial charge < -0.3 is 33.8 Å². The van der Waals surface area contributed by atoms with E-state index in [-0.39, 0.29) is 25.7 Å². The molecule has 0 amide bonds. The second kappa shape index (κ2) is 72.4. The highest BCUT2D eigenvalue weighted by molar-refractivity contribution is 7.47. The zero-order chi connectivity index (χ0) is 71.1. The van der Waals surface area contributed by atoms with E-state index in [0.29, 0.717) is 25.7 Å². The van der Waals surface area contributed by atoms with E-state index < -0.39 is 97.5 Å². The van der Waals surface area contributed by atoms with Gasteiger partial charge in [-0.25, -0.2) is 9.13 Å². The van der Waals surface area contributed by atoms with E-state index in [9.17, 15) is 43.2 Å². The number of carbonyl (C=O) groups excluding carboxylic acids is 4. The molecule has 0 aliphatic carbocycles. The molecule has 0 fully saturated rings. The Hall–Kier alpha value is -1.94. The van der Waals surface area contributed by atoms with Crippen LogP contribution in [0.1, 0.15) is 419 Å². The Morgan fingerprint density at radius 2 is 0.412 bits per heavy atom. The molecule has 3 N–H and O–H groups in total. The summed E-state index contributed by atoms with van der Waals surface area (Å²) in [5.41, 5.74) is 0. The third-order valence-electron chi connectivity index (χ3n) is 18.4. The minimum absolute atomic E-state index is 0.108. The summed E-state index contributed by atoms with van der Waals surface area (Å²) in [5.74, 6) is -2.11. The summed E-state index contributed by atoms with van der Waals surface area (Å²) in [5, 5.41) is 10.6. The maximum atomic E-state index is 13.1. The third-order valence-corrected chi connectivity index (χ3v) is 20.3. The molecule has 97 heavy (non-hydrogen) atoms. The summed E-state index contributed by atoms with van der Waals surface area (Å²) < 4.78 is 68.6. The fourth-order valence-corrected chi connectivity index (χ4v) is 13.7. The van der Waals surface area contributed by atoms with Crippen molar-refractivity contribution in [2.24, 2.45) is 0 Å². The van der Waals surface area contributed by atoms with Gasteiger partial charge in [0.1, 0.15) is 19.3 Å². The summed E-state index contributed by atoms with van der Waals surface area (Å²) in [6.07, 6.45) is 63.7. The van der Waals surface area contributed by atoms with Crippen molar-refractivity contribution in [2.45, 2.75) is 438 Å². The van der Waals surface area contributed by atoms with E-state index in [2.05, 4.69) is 27.7 Å². The number of hydrogen-bond donors (Lipinski definition) is 3. The summed E-state index contributed by atoms with van der Waals surface area (Å²) in [6.45, 7) is 5.00. The first-order valence-corrected chi connectivity index (χ1v) is 43.8. The number of ether oxygens (including phenoxy) is 4. The molecule has 17 nitrogen and oxygen atoms in total. The SMILES string of the molecule is CCCCCCCCCCCCCCCCCCCCC(=O)O[C@H](COC(=O)CCCCCCCCCCCCCCCCCCC)COP(=O)(O)OC[C@@H](O)COP(=O)(O)OC[C@@H](COC(=O)CCCCCCCCCCCC)OC(=O)CCCCCCCCCCCCCC. The lowest BCUT2D eigenvalue weighted by molar-refractivity contribution is -0.161. The maximum Gasteiger partial charge on any atom is 0.472 e. The molecule has 19 heteroatoms. The Morgan fingerprint density at radius 1 is 0.247 bits per heavy atom. The van der Waals surface area contributed by atoms with Crippen LogP contribution in [0.25, 0.3) is 0 Å². The lowest BCUT2D eigenvalue weighted by atomic mass is 10.0. The van der Waals surface area contributed by atoms with Crippen LogP contribution in [-0.4, -0.2) is 96.7 Å². The third kappa shape index (κ3) is 72.2. The zero-order valence-electron chi connectivity index (χ0n) is 63.1. The van der Waals surface area contributed by atoms with Gasteiger partial charge in [0, 0.05) is 25.7 Å². The molecule has 0 rings (SSSR count). The molecular formula is C78H152O17P2. The van der Waals surface area contributed by atoms with Gasteiger partial charge in [0.25, 0.3) is 0 Å². The number of hydrogen-bond acceptors (Lipinski definition) is 15. The summed E-state index contributed by atoms with van der Waals surface area (Å²) in [6, 6.07) is 0. The summed E-state index contributed by atoms with van der Waals surface area (Å²) in [4.78, 5) is 72.9. The van der Waals surface area contributed by atoms with Gasteiger partial charge >= 0.3 is 39.5 Å². The van der Waals surface area contributed by atoms with Gasteiger partial charge in [-0.15, -0.1) is 0 Å². The molecule has 0 saturated heterocycles. The molecular weight excluding hydrogens is 1270 g/mol. The number of carbonyl (C=O) groups is 4. The Kier molecular flexibility index (Phi) is 71.0. The predicted molar refractivity (Wildman–Crippen MR) is 395 cm³/mol. The van der Waals surface area contributed by atoms with E-state index in [0.717, 1.165) is 89.9 Å². The molecule has 0 aromatic heterocycles. The highest BCUT2D eigenvalue weighted by Crippen LogP contribution is 2.45. The monoisotopic (exact) mass is 1420 g/mol. The molecule has 0 radical (unpaired) electrons. The Labute approximate surface area is 594 Å². The molecule has 5 atom stereocenters. The van der Waals surface area contributed by atoms with Crippen LogP contribution in [0.2, 0.25) is 0 Å². The number of aliphatic hydroxyl groups is 1. The van der Waals surface area contributed by atoms with Crippen LogP contribution in [0.3, 0.4) is 0 Å². The van der Waals surface area contributed by atoms with Gasteiger partial charge in [-0.1, -0.05) is 368 Å². The molecule has 576 valence electrons. The second-order valence-electron chi connectivity index (χ2n) is 28.1. The molecule has 0 aliphatic rings. The number of phosphoric ester groups is 2. The number of rotatable bonds is 79. The van der Waals surface area contributed by atoms with Crippen molar-refractivity contribution >= 4 is 39.5 Å². The van der Waals surface area contributed by atoms with Crippen molar-refractivity contribution in [3.63, 3.8) is 0 Å². The van der Waals surface area contributed by atoms with Crippen LogP contribution in [0.4, 0.5) is 0 Å². The van der Waals surface area contributed by atoms with Crippen molar-refractivity contribution in [3.8, 4) is 0 Å². The van der Waals surface area contributed by atoms with Crippen molar-refractivity contribution in [1.82, 2.24) is 0 Å². The van der Waals surface area contributed by atoms with Crippen LogP contribution in [0, 0.1) is 0 Å². The molecule has 0 aromatic rings. The molecule has 2 unspecified atom stereocenters. The predicted octanol–water partition coefficient (Wildman–Crippen LogP) is 23.4. The lowest BCUT2D eigenvalue weighted by Gasteiger charge is -2.21. The Morgan fingerprint density at radius 3 is 0.608 bits per heavy atom. The Bertz CT molecular complexity index is 1840. The highest BCUT2D eigenvalue weighted by atomic mass is 31.2. The van der Waals surface area contributed by atoms with Gasteiger partial charge in [0.2, 0.25) is 0 Å². The van der Waals surface area contributed by atoms with Gasteiger partial charge in [-0.05, 0) is 25.7 Å². The van der Waals surface area contributed by atoms with Crippen LogP contribution in [0.5, 0.6) is 0 Å². The standard InChI is InChI=1S/C78H152O17P2/c1-5-9-13-17-21-25-29-32-34-36-38-40-42-45-49-53-57-61-65-78(83)95-74(69-89-76(81)63-59-55-51-47-44-41-39-37-35-33-30-26-22-18-14-10-6-2)71-93-97(86,87)91-67-72(79)66-90-96(84,85)92-70-73(68-88-75(80)62-58-54-50-46-28-24-20-16-12-8-4)94-77(82)64-60-56-52-48-43-31-27-23-19-15-11-7-3/h72-74,79H,5-71H2,1-4H3,(H,84,85)(H,86,87)/t72-,73+,74+/m0/s1. The summed E-state index contributed by atoms with van der Waals surface area (Å²) in [7, 11) is -9.91. The van der Waals surface area contributed by atoms with Crippen molar-refractivity contribution in [1.29, 1.82) is 0 Å². The van der Waals surface area contributed by atoms with Crippen LogP contribution >= 0.6 is 15.6 Å². The maximum absolute atomic E-state index is 13.1.